The minimum absolute atomic E-state index is 0.591. The summed E-state index contributed by atoms with van der Waals surface area (Å²) in [5, 5.41) is 11.6. The summed E-state index contributed by atoms with van der Waals surface area (Å²) >= 11 is 1.50. The molecule has 0 aromatic rings. The summed E-state index contributed by atoms with van der Waals surface area (Å²) in [7, 11) is 0. The topological polar surface area (TPSA) is 23.8 Å². The van der Waals surface area contributed by atoms with Crippen molar-refractivity contribution in [2.24, 2.45) is 17.8 Å². The second kappa shape index (κ2) is 4.91. The summed E-state index contributed by atoms with van der Waals surface area (Å²) in [6.07, 6.45) is 3.91. The first kappa shape index (κ1) is 10.9. The summed E-state index contributed by atoms with van der Waals surface area (Å²) in [4.78, 5) is 0. The number of thiocyanates is 1. The van der Waals surface area contributed by atoms with Crippen molar-refractivity contribution in [2.45, 2.75) is 45.3 Å². The second-order valence-corrected chi connectivity index (χ2v) is 5.60. The Balaban J connectivity index is 2.56. The van der Waals surface area contributed by atoms with Crippen molar-refractivity contribution in [3.63, 3.8) is 0 Å². The summed E-state index contributed by atoms with van der Waals surface area (Å²) in [6, 6.07) is 0. The van der Waals surface area contributed by atoms with Gasteiger partial charge in [-0.05, 0) is 42.4 Å². The Morgan fingerprint density at radius 2 is 2.08 bits per heavy atom. The van der Waals surface area contributed by atoms with Gasteiger partial charge in [-0.1, -0.05) is 27.2 Å². The average molecular weight is 197 g/mol. The van der Waals surface area contributed by atoms with Crippen LogP contribution >= 0.6 is 11.8 Å². The molecule has 1 nitrogen and oxygen atoms in total. The van der Waals surface area contributed by atoms with Gasteiger partial charge in [-0.15, -0.1) is 0 Å². The molecule has 0 aliphatic heterocycles. The van der Waals surface area contributed by atoms with E-state index in [0.717, 1.165) is 17.8 Å². The summed E-state index contributed by atoms with van der Waals surface area (Å²) in [5.41, 5.74) is 0. The first-order chi connectivity index (χ1) is 6.15. The maximum absolute atomic E-state index is 8.72. The molecule has 74 valence electrons. The predicted octanol–water partition coefficient (Wildman–Crippen LogP) is 3.66. The third-order valence-electron chi connectivity index (χ3n) is 3.17. The molecular weight excluding hydrogens is 178 g/mol. The van der Waals surface area contributed by atoms with Crippen LogP contribution < -0.4 is 0 Å². The Morgan fingerprint density at radius 1 is 1.38 bits per heavy atom. The van der Waals surface area contributed by atoms with Crippen molar-refractivity contribution >= 4 is 11.8 Å². The van der Waals surface area contributed by atoms with Gasteiger partial charge in [0.15, 0.2) is 0 Å². The van der Waals surface area contributed by atoms with Crippen molar-refractivity contribution < 1.29 is 0 Å². The standard InChI is InChI=1S/C11H19NS/c1-8(2)10-5-4-9(3)6-11(10)13-7-12/h8-11H,4-6H2,1-3H3/t9-,10+,11+/m1/s1. The van der Waals surface area contributed by atoms with Crippen LogP contribution in [0, 0.1) is 28.4 Å². The van der Waals surface area contributed by atoms with E-state index >= 15 is 0 Å². The van der Waals surface area contributed by atoms with Crippen LogP contribution in [0.25, 0.3) is 0 Å². The normalized spacial score (nSPS) is 34.5. The lowest BCUT2D eigenvalue weighted by molar-refractivity contribution is 0.245. The maximum atomic E-state index is 8.72. The van der Waals surface area contributed by atoms with Crippen LogP contribution in [0.4, 0.5) is 0 Å². The lowest BCUT2D eigenvalue weighted by Crippen LogP contribution is -2.29. The molecule has 0 saturated heterocycles. The van der Waals surface area contributed by atoms with Crippen LogP contribution in [-0.4, -0.2) is 5.25 Å². The highest BCUT2D eigenvalue weighted by molar-refractivity contribution is 8.04. The molecule has 1 fully saturated rings. The largest absolute Gasteiger partial charge is 0.185 e. The smallest absolute Gasteiger partial charge is 0.133 e. The van der Waals surface area contributed by atoms with Gasteiger partial charge in [0.05, 0.1) is 0 Å². The molecule has 13 heavy (non-hydrogen) atoms. The zero-order valence-corrected chi connectivity index (χ0v) is 9.60. The molecule has 1 aliphatic carbocycles. The molecule has 0 aromatic carbocycles. The van der Waals surface area contributed by atoms with Crippen LogP contribution in [0.2, 0.25) is 0 Å². The highest BCUT2D eigenvalue weighted by Crippen LogP contribution is 2.39. The average Bonchev–Trinajstić information content (AvgIpc) is 2.04. The van der Waals surface area contributed by atoms with Crippen LogP contribution in [0.1, 0.15) is 40.0 Å². The third-order valence-corrected chi connectivity index (χ3v) is 4.12. The van der Waals surface area contributed by atoms with E-state index in [9.17, 15) is 0 Å². The first-order valence-corrected chi connectivity index (χ1v) is 6.07. The zero-order chi connectivity index (χ0) is 9.84. The molecule has 2 heteroatoms. The van der Waals surface area contributed by atoms with E-state index < -0.39 is 0 Å². The van der Waals surface area contributed by atoms with E-state index in [0.29, 0.717) is 5.25 Å². The van der Waals surface area contributed by atoms with Crippen LogP contribution in [0.15, 0.2) is 0 Å². The first-order valence-electron chi connectivity index (χ1n) is 5.20. The molecule has 1 aliphatic rings. The Morgan fingerprint density at radius 3 is 2.62 bits per heavy atom. The maximum Gasteiger partial charge on any atom is 0.133 e. The van der Waals surface area contributed by atoms with Crippen molar-refractivity contribution in [3.05, 3.63) is 0 Å². The highest BCUT2D eigenvalue weighted by atomic mass is 32.2. The number of thioether (sulfide) groups is 1. The fourth-order valence-electron chi connectivity index (χ4n) is 2.32. The van der Waals surface area contributed by atoms with Crippen molar-refractivity contribution in [1.82, 2.24) is 0 Å². The molecular formula is C11H19NS. The molecule has 0 heterocycles. The van der Waals surface area contributed by atoms with Crippen molar-refractivity contribution in [3.8, 4) is 5.40 Å². The molecule has 0 aromatic heterocycles. The molecule has 0 bridgehead atoms. The van der Waals surface area contributed by atoms with E-state index in [1.807, 2.05) is 0 Å². The SMILES string of the molecule is CC(C)[C@@H]1CC[C@@H](C)C[C@@H]1SC#N. The van der Waals surface area contributed by atoms with Gasteiger partial charge in [0.25, 0.3) is 0 Å². The van der Waals surface area contributed by atoms with Crippen LogP contribution in [0.3, 0.4) is 0 Å². The fraction of sp³-hybridized carbons (Fsp3) is 0.909. The molecule has 0 spiro atoms. The minimum atomic E-state index is 0.591. The number of hydrogen-bond donors (Lipinski definition) is 0. The Labute approximate surface area is 85.9 Å². The minimum Gasteiger partial charge on any atom is -0.185 e. The quantitative estimate of drug-likeness (QED) is 0.631. The van der Waals surface area contributed by atoms with Gasteiger partial charge in [-0.3, -0.25) is 0 Å². The van der Waals surface area contributed by atoms with E-state index in [1.54, 1.807) is 0 Å². The molecule has 1 rings (SSSR count). The van der Waals surface area contributed by atoms with Crippen LogP contribution in [-0.2, 0) is 0 Å². The van der Waals surface area contributed by atoms with Gasteiger partial charge in [0.1, 0.15) is 5.40 Å². The van der Waals surface area contributed by atoms with Gasteiger partial charge < -0.3 is 0 Å². The van der Waals surface area contributed by atoms with Crippen LogP contribution in [0.5, 0.6) is 0 Å². The second-order valence-electron chi connectivity index (χ2n) is 4.57. The lowest BCUT2D eigenvalue weighted by atomic mass is 9.77. The van der Waals surface area contributed by atoms with E-state index in [1.165, 1.54) is 31.0 Å². The third kappa shape index (κ3) is 2.91. The van der Waals surface area contributed by atoms with Gasteiger partial charge in [-0.25, -0.2) is 0 Å². The molecule has 1 saturated carbocycles. The zero-order valence-electron chi connectivity index (χ0n) is 8.79. The molecule has 0 unspecified atom stereocenters. The molecule has 0 amide bonds. The highest BCUT2D eigenvalue weighted by Gasteiger charge is 2.30. The monoisotopic (exact) mass is 197 g/mol. The Hall–Kier alpha value is -0.160. The van der Waals surface area contributed by atoms with Gasteiger partial charge in [-0.2, -0.15) is 5.26 Å². The number of nitriles is 1. The number of rotatable bonds is 2. The van der Waals surface area contributed by atoms with E-state index in [2.05, 4.69) is 26.2 Å². The Kier molecular flexibility index (Phi) is 4.12. The lowest BCUT2D eigenvalue weighted by Gasteiger charge is -2.35. The predicted molar refractivity (Wildman–Crippen MR) is 58.3 cm³/mol. The summed E-state index contributed by atoms with van der Waals surface area (Å²) in [6.45, 7) is 6.87. The van der Waals surface area contributed by atoms with E-state index in [-0.39, 0.29) is 0 Å². The van der Waals surface area contributed by atoms with Gasteiger partial charge in [0.2, 0.25) is 0 Å². The van der Waals surface area contributed by atoms with Gasteiger partial charge in [0, 0.05) is 5.25 Å². The van der Waals surface area contributed by atoms with Crippen molar-refractivity contribution in [1.29, 1.82) is 5.26 Å². The molecule has 3 atom stereocenters. The summed E-state index contributed by atoms with van der Waals surface area (Å²) in [5.74, 6) is 2.32. The van der Waals surface area contributed by atoms with Gasteiger partial charge >= 0.3 is 0 Å². The molecule has 0 N–H and O–H groups in total. The number of hydrogen-bond acceptors (Lipinski definition) is 2. The number of nitrogens with zero attached hydrogens (tertiary/aromatic N) is 1. The molecule has 0 radical (unpaired) electrons. The Bertz CT molecular complexity index is 195. The van der Waals surface area contributed by atoms with E-state index in [4.69, 9.17) is 5.26 Å². The van der Waals surface area contributed by atoms with Crippen molar-refractivity contribution in [2.75, 3.05) is 0 Å². The summed E-state index contributed by atoms with van der Waals surface area (Å²) < 4.78 is 0. The fourth-order valence-corrected chi connectivity index (χ4v) is 3.50.